The van der Waals surface area contributed by atoms with Crippen molar-refractivity contribution in [2.75, 3.05) is 47.5 Å². The first-order valence-electron chi connectivity index (χ1n) is 29.3. The molecule has 1 N–H and O–H groups in total. The molecule has 0 amide bonds. The Labute approximate surface area is 443 Å². The van der Waals surface area contributed by atoms with Crippen LogP contribution in [0.4, 0.5) is 0 Å². The van der Waals surface area contributed by atoms with Crippen molar-refractivity contribution in [3.05, 3.63) is 85.1 Å². The number of carbonyl (C=O) groups excluding carboxylic acids is 2. The minimum Gasteiger partial charge on any atom is -0.462 e. The van der Waals surface area contributed by atoms with Gasteiger partial charge in [0.2, 0.25) is 0 Å². The second-order valence-electron chi connectivity index (χ2n) is 20.6. The summed E-state index contributed by atoms with van der Waals surface area (Å²) in [5, 5.41) is 0. The standard InChI is InChI=1S/C62H110NO8P/c1-6-8-10-12-14-16-18-20-22-24-26-28-29-30-31-32-33-35-37-39-41-43-45-47-49-51-53-55-62(65)71-60(59-70-72(66,67)69-57-56-63(3,4)5)58-68-61(64)54-52-50-48-46-44-42-40-38-36-34-27-25-23-21-19-17-15-13-11-9-7-2/h8,10,14,16,19-22,25-28,30-31,60H,6-7,9,11-13,15,17-18,23-24,29,32-59H2,1-5H3/p+1/b10-8-,16-14-,21-19-,22-20-,27-25-,28-26-,31-30-. The molecule has 2 unspecified atom stereocenters. The maximum atomic E-state index is 12.8. The maximum Gasteiger partial charge on any atom is 0.472 e. The molecule has 0 rings (SSSR count). The predicted octanol–water partition coefficient (Wildman–Crippen LogP) is 18.3. The molecule has 9 nitrogen and oxygen atoms in total. The van der Waals surface area contributed by atoms with E-state index in [0.29, 0.717) is 17.4 Å². The van der Waals surface area contributed by atoms with Gasteiger partial charge in [-0.05, 0) is 89.9 Å². The van der Waals surface area contributed by atoms with Gasteiger partial charge in [-0.3, -0.25) is 18.6 Å². The first-order chi connectivity index (χ1) is 35.0. The molecule has 0 spiro atoms. The second-order valence-corrected chi connectivity index (χ2v) is 22.1. The van der Waals surface area contributed by atoms with Gasteiger partial charge in [0, 0.05) is 12.8 Å². The van der Waals surface area contributed by atoms with Crippen LogP contribution in [0.1, 0.15) is 245 Å². The van der Waals surface area contributed by atoms with Gasteiger partial charge in [0.1, 0.15) is 19.8 Å². The molecular weight excluding hydrogens is 918 g/mol. The Bertz CT molecular complexity index is 1490. The summed E-state index contributed by atoms with van der Waals surface area (Å²) in [7, 11) is 1.47. The van der Waals surface area contributed by atoms with E-state index < -0.39 is 26.5 Å². The monoisotopic (exact) mass is 1030 g/mol. The van der Waals surface area contributed by atoms with Crippen LogP contribution >= 0.6 is 7.82 Å². The van der Waals surface area contributed by atoms with Crippen LogP contribution in [0.3, 0.4) is 0 Å². The summed E-state index contributed by atoms with van der Waals surface area (Å²) in [5.41, 5.74) is 0. The highest BCUT2D eigenvalue weighted by Gasteiger charge is 2.27. The molecule has 0 aliphatic heterocycles. The number of likely N-dealkylation sites (N-methyl/N-ethyl adjacent to an activating group) is 1. The van der Waals surface area contributed by atoms with Crippen molar-refractivity contribution in [2.45, 2.75) is 251 Å². The van der Waals surface area contributed by atoms with Gasteiger partial charge in [-0.1, -0.05) is 227 Å². The van der Waals surface area contributed by atoms with Gasteiger partial charge in [0.25, 0.3) is 0 Å². The number of ether oxygens (including phenoxy) is 2. The number of allylic oxidation sites excluding steroid dienone is 14. The number of unbranched alkanes of at least 4 members (excludes halogenated alkanes) is 25. The fourth-order valence-corrected chi connectivity index (χ4v) is 8.64. The van der Waals surface area contributed by atoms with Crippen LogP contribution in [0.15, 0.2) is 85.1 Å². The number of hydrogen-bond acceptors (Lipinski definition) is 7. The first-order valence-corrected chi connectivity index (χ1v) is 30.8. The molecule has 0 aromatic heterocycles. The lowest BCUT2D eigenvalue weighted by Gasteiger charge is -2.24. The van der Waals surface area contributed by atoms with Crippen molar-refractivity contribution < 1.29 is 42.1 Å². The third-order valence-corrected chi connectivity index (χ3v) is 13.4. The van der Waals surface area contributed by atoms with E-state index in [9.17, 15) is 19.0 Å². The average Bonchev–Trinajstić information content (AvgIpc) is 3.34. The van der Waals surface area contributed by atoms with Gasteiger partial charge in [-0.25, -0.2) is 4.57 Å². The van der Waals surface area contributed by atoms with Crippen LogP contribution in [0.2, 0.25) is 0 Å². The number of rotatable bonds is 53. The second kappa shape index (κ2) is 53.0. The summed E-state index contributed by atoms with van der Waals surface area (Å²) >= 11 is 0. The molecular formula is C62H111NO8P+. The van der Waals surface area contributed by atoms with Gasteiger partial charge in [0.15, 0.2) is 6.10 Å². The average molecular weight is 1030 g/mol. The predicted molar refractivity (Wildman–Crippen MR) is 307 cm³/mol. The number of nitrogens with zero attached hydrogens (tertiary/aromatic N) is 1. The number of hydrogen-bond donors (Lipinski definition) is 1. The molecule has 0 bridgehead atoms. The molecule has 72 heavy (non-hydrogen) atoms. The smallest absolute Gasteiger partial charge is 0.462 e. The van der Waals surface area contributed by atoms with E-state index >= 15 is 0 Å². The van der Waals surface area contributed by atoms with Crippen molar-refractivity contribution in [3.8, 4) is 0 Å². The first kappa shape index (κ1) is 69.2. The summed E-state index contributed by atoms with van der Waals surface area (Å²) in [6, 6.07) is 0. The third-order valence-electron chi connectivity index (χ3n) is 12.4. The van der Waals surface area contributed by atoms with Crippen LogP contribution in [-0.4, -0.2) is 74.9 Å². The SMILES string of the molecule is CC/C=C\C/C=C\C/C=C\C/C=C\C/C=C\CCCCCCCCCCCCCC(=O)OC(COC(=O)CCCCCCCCCCC/C=C\C/C=C\CCCCCCC)COP(=O)(O)OCC[N+](C)(C)C. The lowest BCUT2D eigenvalue weighted by molar-refractivity contribution is -0.870. The maximum absolute atomic E-state index is 12.8. The van der Waals surface area contributed by atoms with Gasteiger partial charge in [0.05, 0.1) is 27.7 Å². The van der Waals surface area contributed by atoms with Crippen LogP contribution in [-0.2, 0) is 32.7 Å². The van der Waals surface area contributed by atoms with Crippen molar-refractivity contribution >= 4 is 19.8 Å². The van der Waals surface area contributed by atoms with Gasteiger partial charge in [-0.15, -0.1) is 0 Å². The third kappa shape index (κ3) is 56.5. The highest BCUT2D eigenvalue weighted by molar-refractivity contribution is 7.47. The largest absolute Gasteiger partial charge is 0.472 e. The van der Waals surface area contributed by atoms with Crippen LogP contribution in [0.5, 0.6) is 0 Å². The van der Waals surface area contributed by atoms with E-state index in [2.05, 4.69) is 98.9 Å². The minimum absolute atomic E-state index is 0.0271. The molecule has 0 saturated carbocycles. The lowest BCUT2D eigenvalue weighted by Crippen LogP contribution is -2.37. The molecule has 2 atom stereocenters. The molecule has 0 aromatic rings. The van der Waals surface area contributed by atoms with Crippen molar-refractivity contribution in [2.24, 2.45) is 0 Å². The zero-order valence-electron chi connectivity index (χ0n) is 47.1. The minimum atomic E-state index is -4.39. The summed E-state index contributed by atoms with van der Waals surface area (Å²) in [6.07, 6.45) is 70.7. The molecule has 0 heterocycles. The van der Waals surface area contributed by atoms with Crippen molar-refractivity contribution in [1.29, 1.82) is 0 Å². The molecule has 0 aromatic carbocycles. The van der Waals surface area contributed by atoms with Crippen molar-refractivity contribution in [3.63, 3.8) is 0 Å². The van der Waals surface area contributed by atoms with E-state index in [0.717, 1.165) is 83.5 Å². The number of carbonyl (C=O) groups is 2. The molecule has 0 fully saturated rings. The summed E-state index contributed by atoms with van der Waals surface area (Å²) in [4.78, 5) is 35.7. The Morgan fingerprint density at radius 1 is 0.444 bits per heavy atom. The fourth-order valence-electron chi connectivity index (χ4n) is 7.90. The van der Waals surface area contributed by atoms with Gasteiger partial charge >= 0.3 is 19.8 Å². The molecule has 0 aliphatic rings. The van der Waals surface area contributed by atoms with E-state index in [1.165, 1.54) is 128 Å². The zero-order chi connectivity index (χ0) is 52.7. The summed E-state index contributed by atoms with van der Waals surface area (Å²) in [5.74, 6) is -0.805. The highest BCUT2D eigenvalue weighted by atomic mass is 31.2. The molecule has 10 heteroatoms. The number of esters is 2. The number of quaternary nitrogens is 1. The zero-order valence-corrected chi connectivity index (χ0v) is 48.0. The Hall–Kier alpha value is -2.81. The van der Waals surface area contributed by atoms with E-state index in [1.54, 1.807) is 0 Å². The fraction of sp³-hybridized carbons (Fsp3) is 0.742. The van der Waals surface area contributed by atoms with E-state index in [1.807, 2.05) is 21.1 Å². The molecule has 0 saturated heterocycles. The molecule has 0 aliphatic carbocycles. The quantitative estimate of drug-likeness (QED) is 0.0211. The Balaban J connectivity index is 4.18. The summed E-state index contributed by atoms with van der Waals surface area (Å²) < 4.78 is 34.6. The van der Waals surface area contributed by atoms with E-state index in [4.69, 9.17) is 18.5 Å². The summed E-state index contributed by atoms with van der Waals surface area (Å²) in [6.45, 7) is 4.31. The Morgan fingerprint density at radius 2 is 0.792 bits per heavy atom. The number of phosphoric acid groups is 1. The molecule has 416 valence electrons. The Kier molecular flexibility index (Phi) is 51.0. The molecule has 0 radical (unpaired) electrons. The van der Waals surface area contributed by atoms with E-state index in [-0.39, 0.29) is 32.0 Å². The van der Waals surface area contributed by atoms with Gasteiger partial charge in [-0.2, -0.15) is 0 Å². The van der Waals surface area contributed by atoms with Crippen LogP contribution in [0.25, 0.3) is 0 Å². The van der Waals surface area contributed by atoms with Crippen LogP contribution < -0.4 is 0 Å². The lowest BCUT2D eigenvalue weighted by atomic mass is 10.0. The highest BCUT2D eigenvalue weighted by Crippen LogP contribution is 2.43. The Morgan fingerprint density at radius 3 is 1.18 bits per heavy atom. The van der Waals surface area contributed by atoms with Crippen molar-refractivity contribution in [1.82, 2.24) is 0 Å². The van der Waals surface area contributed by atoms with Gasteiger partial charge < -0.3 is 18.9 Å². The number of phosphoric ester groups is 1. The van der Waals surface area contributed by atoms with Crippen LogP contribution in [0, 0.1) is 0 Å². The normalized spacial score (nSPS) is 13.9. The topological polar surface area (TPSA) is 108 Å².